The minimum absolute atomic E-state index is 0.555. The Balaban J connectivity index is 1.51. The lowest BCUT2D eigenvalue weighted by Crippen LogP contribution is -2.09. The van der Waals surface area contributed by atoms with E-state index in [-0.39, 0.29) is 0 Å². The molecule has 0 aliphatic carbocycles. The molecule has 0 atom stereocenters. The van der Waals surface area contributed by atoms with E-state index in [1.165, 1.54) is 5.56 Å². The van der Waals surface area contributed by atoms with Crippen molar-refractivity contribution >= 4 is 23.4 Å². The van der Waals surface area contributed by atoms with E-state index in [2.05, 4.69) is 26.7 Å². The monoisotopic (exact) mass is 328 g/mol. The smallest absolute Gasteiger partial charge is 0.224 e. The van der Waals surface area contributed by atoms with Crippen molar-refractivity contribution in [2.24, 2.45) is 0 Å². The summed E-state index contributed by atoms with van der Waals surface area (Å²) < 4.78 is 5.26. The molecule has 0 saturated carbocycles. The third-order valence-corrected chi connectivity index (χ3v) is 3.50. The molecule has 0 unspecified atom stereocenters. The molecule has 3 rings (SSSR count). The summed E-state index contributed by atoms with van der Waals surface area (Å²) in [6, 6.07) is 13.5. The normalized spacial score (nSPS) is 10.5. The van der Waals surface area contributed by atoms with Gasteiger partial charge in [-0.3, -0.25) is 0 Å². The predicted octanol–water partition coefficient (Wildman–Crippen LogP) is 3.99. The summed E-state index contributed by atoms with van der Waals surface area (Å²) in [5.41, 5.74) is 1.19. The maximum absolute atomic E-state index is 5.98. The minimum atomic E-state index is 0.555. The topological polar surface area (TPSA) is 63.0 Å². The third-order valence-electron chi connectivity index (χ3n) is 3.27. The Hall–Kier alpha value is -2.53. The molecular formula is C17H17ClN4O. The number of benzene rings is 1. The fourth-order valence-corrected chi connectivity index (χ4v) is 2.36. The van der Waals surface area contributed by atoms with Crippen LogP contribution in [-0.2, 0) is 13.0 Å². The standard InChI is InChI=1S/C17H17ClN4O/c18-14-4-1-3-13(11-14)6-8-19-16-7-9-20-17(22-16)21-12-15-5-2-10-23-15/h1-5,7,9-11H,6,8,12H2,(H2,19,20,21,22). The van der Waals surface area contributed by atoms with Crippen molar-refractivity contribution in [2.75, 3.05) is 17.2 Å². The summed E-state index contributed by atoms with van der Waals surface area (Å²) in [6.07, 6.45) is 4.24. The molecule has 2 aromatic heterocycles. The molecule has 0 radical (unpaired) electrons. The SMILES string of the molecule is Clc1cccc(CCNc2ccnc(NCc3ccco3)n2)c1. The average molecular weight is 329 g/mol. The highest BCUT2D eigenvalue weighted by Gasteiger charge is 2.01. The molecule has 0 spiro atoms. The highest BCUT2D eigenvalue weighted by atomic mass is 35.5. The molecule has 0 fully saturated rings. The van der Waals surface area contributed by atoms with Crippen LogP contribution in [-0.4, -0.2) is 16.5 Å². The quantitative estimate of drug-likeness (QED) is 0.686. The molecule has 3 aromatic rings. The highest BCUT2D eigenvalue weighted by molar-refractivity contribution is 6.30. The number of halogens is 1. The molecule has 6 heteroatoms. The third kappa shape index (κ3) is 4.72. The van der Waals surface area contributed by atoms with Crippen LogP contribution in [0.1, 0.15) is 11.3 Å². The van der Waals surface area contributed by atoms with Crippen LogP contribution < -0.4 is 10.6 Å². The van der Waals surface area contributed by atoms with Crippen molar-refractivity contribution in [1.29, 1.82) is 0 Å². The number of aromatic nitrogens is 2. The van der Waals surface area contributed by atoms with Crippen LogP contribution in [0.25, 0.3) is 0 Å². The number of hydrogen-bond donors (Lipinski definition) is 2. The predicted molar refractivity (Wildman–Crippen MR) is 91.7 cm³/mol. The van der Waals surface area contributed by atoms with E-state index in [0.717, 1.165) is 29.6 Å². The van der Waals surface area contributed by atoms with E-state index in [0.29, 0.717) is 12.5 Å². The van der Waals surface area contributed by atoms with Gasteiger partial charge < -0.3 is 15.1 Å². The molecule has 1 aromatic carbocycles. The Bertz CT molecular complexity index is 746. The van der Waals surface area contributed by atoms with Gasteiger partial charge in [0.25, 0.3) is 0 Å². The van der Waals surface area contributed by atoms with Crippen LogP contribution in [0.15, 0.2) is 59.3 Å². The molecule has 2 heterocycles. The zero-order chi connectivity index (χ0) is 15.9. The fourth-order valence-electron chi connectivity index (χ4n) is 2.15. The second-order valence-electron chi connectivity index (χ2n) is 5.01. The van der Waals surface area contributed by atoms with Gasteiger partial charge in [0.1, 0.15) is 11.6 Å². The Kier molecular flexibility index (Phi) is 5.11. The number of nitrogens with zero attached hydrogens (tertiary/aromatic N) is 2. The number of furan rings is 1. The van der Waals surface area contributed by atoms with E-state index >= 15 is 0 Å². The van der Waals surface area contributed by atoms with Crippen LogP contribution in [0.2, 0.25) is 5.02 Å². The second kappa shape index (κ2) is 7.65. The van der Waals surface area contributed by atoms with Gasteiger partial charge >= 0.3 is 0 Å². The summed E-state index contributed by atoms with van der Waals surface area (Å²) >= 11 is 5.98. The Morgan fingerprint density at radius 1 is 1.09 bits per heavy atom. The van der Waals surface area contributed by atoms with Gasteiger partial charge in [-0.05, 0) is 42.3 Å². The van der Waals surface area contributed by atoms with Gasteiger partial charge in [-0.1, -0.05) is 23.7 Å². The molecule has 0 aliphatic rings. The van der Waals surface area contributed by atoms with Gasteiger partial charge in [-0.25, -0.2) is 4.98 Å². The second-order valence-corrected chi connectivity index (χ2v) is 5.44. The van der Waals surface area contributed by atoms with E-state index in [4.69, 9.17) is 16.0 Å². The lowest BCUT2D eigenvalue weighted by molar-refractivity contribution is 0.517. The zero-order valence-electron chi connectivity index (χ0n) is 12.5. The van der Waals surface area contributed by atoms with Gasteiger partial charge in [0.15, 0.2) is 0 Å². The van der Waals surface area contributed by atoms with Crippen molar-refractivity contribution in [3.8, 4) is 0 Å². The molecular weight excluding hydrogens is 312 g/mol. The van der Waals surface area contributed by atoms with Gasteiger partial charge in [0, 0.05) is 17.8 Å². The van der Waals surface area contributed by atoms with Gasteiger partial charge in [-0.15, -0.1) is 0 Å². The van der Waals surface area contributed by atoms with E-state index in [1.807, 2.05) is 36.4 Å². The van der Waals surface area contributed by atoms with E-state index in [9.17, 15) is 0 Å². The zero-order valence-corrected chi connectivity index (χ0v) is 13.3. The van der Waals surface area contributed by atoms with Gasteiger partial charge in [0.2, 0.25) is 5.95 Å². The van der Waals surface area contributed by atoms with Gasteiger partial charge in [0.05, 0.1) is 12.8 Å². The van der Waals surface area contributed by atoms with Gasteiger partial charge in [-0.2, -0.15) is 4.98 Å². The maximum atomic E-state index is 5.98. The Morgan fingerprint density at radius 3 is 2.87 bits per heavy atom. The van der Waals surface area contributed by atoms with Crippen molar-refractivity contribution < 1.29 is 4.42 Å². The van der Waals surface area contributed by atoms with Crippen molar-refractivity contribution in [3.63, 3.8) is 0 Å². The number of hydrogen-bond acceptors (Lipinski definition) is 5. The molecule has 0 saturated heterocycles. The molecule has 0 amide bonds. The summed E-state index contributed by atoms with van der Waals surface area (Å²) in [7, 11) is 0. The number of anilines is 2. The van der Waals surface area contributed by atoms with Crippen molar-refractivity contribution in [2.45, 2.75) is 13.0 Å². The first-order valence-electron chi connectivity index (χ1n) is 7.37. The lowest BCUT2D eigenvalue weighted by Gasteiger charge is -2.08. The molecule has 2 N–H and O–H groups in total. The first-order valence-corrected chi connectivity index (χ1v) is 7.75. The molecule has 23 heavy (non-hydrogen) atoms. The minimum Gasteiger partial charge on any atom is -0.467 e. The molecule has 0 aliphatic heterocycles. The fraction of sp³-hybridized carbons (Fsp3) is 0.176. The van der Waals surface area contributed by atoms with Crippen molar-refractivity contribution in [1.82, 2.24) is 9.97 Å². The first-order chi connectivity index (χ1) is 11.3. The van der Waals surface area contributed by atoms with Crippen LogP contribution in [0.3, 0.4) is 0 Å². The molecule has 0 bridgehead atoms. The van der Waals surface area contributed by atoms with Crippen LogP contribution >= 0.6 is 11.6 Å². The summed E-state index contributed by atoms with van der Waals surface area (Å²) in [5, 5.41) is 7.18. The maximum Gasteiger partial charge on any atom is 0.224 e. The van der Waals surface area contributed by atoms with Crippen molar-refractivity contribution in [3.05, 3.63) is 71.3 Å². The molecule has 5 nitrogen and oxygen atoms in total. The Labute approximate surface area is 139 Å². The largest absolute Gasteiger partial charge is 0.467 e. The average Bonchev–Trinajstić information content (AvgIpc) is 3.07. The van der Waals surface area contributed by atoms with Crippen LogP contribution in [0, 0.1) is 0 Å². The number of nitrogens with one attached hydrogen (secondary N) is 2. The van der Waals surface area contributed by atoms with Crippen LogP contribution in [0.4, 0.5) is 11.8 Å². The highest BCUT2D eigenvalue weighted by Crippen LogP contribution is 2.12. The first kappa shape index (κ1) is 15.4. The Morgan fingerprint density at radius 2 is 2.04 bits per heavy atom. The summed E-state index contributed by atoms with van der Waals surface area (Å²) in [4.78, 5) is 8.62. The lowest BCUT2D eigenvalue weighted by atomic mass is 10.1. The van der Waals surface area contributed by atoms with Crippen LogP contribution in [0.5, 0.6) is 0 Å². The van der Waals surface area contributed by atoms with E-state index < -0.39 is 0 Å². The number of rotatable bonds is 7. The van der Waals surface area contributed by atoms with E-state index in [1.54, 1.807) is 12.5 Å². The summed E-state index contributed by atoms with van der Waals surface area (Å²) in [6.45, 7) is 1.33. The summed E-state index contributed by atoms with van der Waals surface area (Å²) in [5.74, 6) is 2.19. The molecule has 118 valence electrons.